The molecule has 266 valence electrons. The Kier molecular flexibility index (Phi) is 8.26. The number of allylic oxidation sites excluding steroid dienone is 1. The first-order valence-electron chi connectivity index (χ1n) is 17.7. The van der Waals surface area contributed by atoms with Crippen molar-refractivity contribution >= 4 is 34.8 Å². The van der Waals surface area contributed by atoms with Crippen LogP contribution < -0.4 is 11.1 Å². The molecule has 13 heteroatoms. The highest BCUT2D eigenvalue weighted by atomic mass is 16.6. The van der Waals surface area contributed by atoms with Crippen LogP contribution >= 0.6 is 0 Å². The molecular weight excluding hydrogens is 638 g/mol. The van der Waals surface area contributed by atoms with Gasteiger partial charge >= 0.3 is 5.97 Å². The number of pyridine rings is 1. The van der Waals surface area contributed by atoms with Crippen LogP contribution in [0.25, 0.3) is 17.1 Å². The number of epoxide rings is 1. The number of hydrogen-bond donors (Lipinski definition) is 4. The molecule has 0 amide bonds. The number of aryl methyl sites for hydroxylation is 1. The van der Waals surface area contributed by atoms with Crippen LogP contribution in [0, 0.1) is 22.7 Å². The zero-order valence-corrected chi connectivity index (χ0v) is 28.9. The summed E-state index contributed by atoms with van der Waals surface area (Å²) in [6, 6.07) is 5.31. The third-order valence-electron chi connectivity index (χ3n) is 12.7. The Labute approximate surface area is 291 Å². The fourth-order valence-corrected chi connectivity index (χ4v) is 9.93. The maximum Gasteiger partial charge on any atom is 0.341 e. The van der Waals surface area contributed by atoms with Gasteiger partial charge in [-0.2, -0.15) is 4.98 Å². The number of aliphatic hydroxyl groups is 2. The number of nitrogens with one attached hydrogen (secondary N) is 1. The summed E-state index contributed by atoms with van der Waals surface area (Å²) in [6.45, 7) is 7.82. The number of fused-ring (bicyclic) bond motifs is 2. The van der Waals surface area contributed by atoms with Crippen LogP contribution in [-0.2, 0) is 26.1 Å². The molecule has 0 bridgehead atoms. The minimum atomic E-state index is -0.676. The fraction of sp³-hybridized carbons (Fsp3) is 0.568. The molecule has 0 radical (unpaired) electrons. The highest BCUT2D eigenvalue weighted by Crippen LogP contribution is 2.67. The Bertz CT molecular complexity index is 1840. The van der Waals surface area contributed by atoms with Gasteiger partial charge in [-0.1, -0.05) is 19.9 Å². The molecule has 3 aliphatic heterocycles. The van der Waals surface area contributed by atoms with Gasteiger partial charge in [0, 0.05) is 61.1 Å². The van der Waals surface area contributed by atoms with E-state index in [1.807, 2.05) is 55.1 Å². The normalized spacial score (nSPS) is 35.6. The SMILES string of the molecule is Cn1cc(/C=C2\C=C(C(CC3C4(CO4)C(N4CCOCC4)CC4[C@]3(C)CC[C@@H](O)[C@@]4(C)CO)Nc3ccccn3)C(=O)O2)c2cnc(N)nc21. The van der Waals surface area contributed by atoms with Crippen molar-refractivity contribution in [2.24, 2.45) is 29.7 Å². The van der Waals surface area contributed by atoms with Gasteiger partial charge in [0.1, 0.15) is 22.8 Å². The summed E-state index contributed by atoms with van der Waals surface area (Å²) >= 11 is 0. The second-order valence-electron chi connectivity index (χ2n) is 15.3. The number of anilines is 2. The van der Waals surface area contributed by atoms with Gasteiger partial charge in [0.25, 0.3) is 0 Å². The lowest BCUT2D eigenvalue weighted by molar-refractivity contribution is -0.197. The van der Waals surface area contributed by atoms with Crippen LogP contribution in [0.2, 0.25) is 0 Å². The lowest BCUT2D eigenvalue weighted by Gasteiger charge is -2.64. The van der Waals surface area contributed by atoms with Crippen molar-refractivity contribution in [3.05, 3.63) is 59.8 Å². The molecule has 2 saturated carbocycles. The van der Waals surface area contributed by atoms with Crippen LogP contribution in [0.4, 0.5) is 11.8 Å². The number of cyclic esters (lactones) is 1. The number of rotatable bonds is 8. The van der Waals surface area contributed by atoms with Gasteiger partial charge in [0.2, 0.25) is 5.95 Å². The number of carbonyl (C=O) groups is 1. The number of nitrogens with two attached hydrogens (primary N) is 1. The van der Waals surface area contributed by atoms with Crippen molar-refractivity contribution in [2.45, 2.75) is 63.3 Å². The Morgan fingerprint density at radius 1 is 1.22 bits per heavy atom. The van der Waals surface area contributed by atoms with E-state index in [1.54, 1.807) is 12.4 Å². The molecule has 3 aromatic heterocycles. The number of morpholine rings is 1. The monoisotopic (exact) mass is 685 g/mol. The predicted molar refractivity (Wildman–Crippen MR) is 186 cm³/mol. The number of aromatic nitrogens is 4. The minimum absolute atomic E-state index is 0.0106. The average molecular weight is 686 g/mol. The van der Waals surface area contributed by atoms with Crippen LogP contribution in [0.3, 0.4) is 0 Å². The van der Waals surface area contributed by atoms with Crippen LogP contribution in [0.5, 0.6) is 0 Å². The minimum Gasteiger partial charge on any atom is -0.423 e. The van der Waals surface area contributed by atoms with Gasteiger partial charge in [0.05, 0.1) is 44.1 Å². The summed E-state index contributed by atoms with van der Waals surface area (Å²) in [5.74, 6) is 0.858. The lowest BCUT2D eigenvalue weighted by atomic mass is 9.43. The average Bonchev–Trinajstić information content (AvgIpc) is 3.73. The second kappa shape index (κ2) is 12.4. The molecule has 4 fully saturated rings. The summed E-state index contributed by atoms with van der Waals surface area (Å²) < 4.78 is 20.2. The third kappa shape index (κ3) is 5.41. The Hall–Kier alpha value is -3.88. The summed E-state index contributed by atoms with van der Waals surface area (Å²) in [4.78, 5) is 29.5. The van der Waals surface area contributed by atoms with Crippen molar-refractivity contribution in [1.29, 1.82) is 0 Å². The highest BCUT2D eigenvalue weighted by Gasteiger charge is 2.71. The van der Waals surface area contributed by atoms with Gasteiger partial charge in [-0.15, -0.1) is 0 Å². The summed E-state index contributed by atoms with van der Waals surface area (Å²) in [5.41, 5.74) is 6.45. The molecule has 13 nitrogen and oxygen atoms in total. The molecule has 50 heavy (non-hydrogen) atoms. The Morgan fingerprint density at radius 3 is 2.74 bits per heavy atom. The molecule has 2 aliphatic carbocycles. The van der Waals surface area contributed by atoms with Crippen molar-refractivity contribution in [1.82, 2.24) is 24.4 Å². The van der Waals surface area contributed by atoms with Gasteiger partial charge in [-0.25, -0.2) is 14.8 Å². The predicted octanol–water partition coefficient (Wildman–Crippen LogP) is 2.91. The van der Waals surface area contributed by atoms with E-state index >= 15 is 0 Å². The van der Waals surface area contributed by atoms with E-state index in [0.29, 0.717) is 55.5 Å². The molecule has 8 rings (SSSR count). The van der Waals surface area contributed by atoms with Crippen LogP contribution in [0.15, 0.2) is 54.2 Å². The van der Waals surface area contributed by atoms with E-state index in [9.17, 15) is 15.0 Å². The fourth-order valence-electron chi connectivity index (χ4n) is 9.93. The lowest BCUT2D eigenvalue weighted by Crippen LogP contribution is -2.68. The molecule has 5 aliphatic rings. The molecule has 1 spiro atoms. The summed E-state index contributed by atoms with van der Waals surface area (Å²) in [6.07, 6.45) is 11.1. The Morgan fingerprint density at radius 2 is 2.02 bits per heavy atom. The van der Waals surface area contributed by atoms with E-state index in [1.165, 1.54) is 0 Å². The number of nitrogens with zero attached hydrogens (tertiary/aromatic N) is 5. The van der Waals surface area contributed by atoms with Crippen molar-refractivity contribution in [3.8, 4) is 0 Å². The largest absolute Gasteiger partial charge is 0.423 e. The van der Waals surface area contributed by atoms with E-state index in [4.69, 9.17) is 19.9 Å². The van der Waals surface area contributed by atoms with Crippen molar-refractivity contribution in [3.63, 3.8) is 0 Å². The van der Waals surface area contributed by atoms with Gasteiger partial charge in [-0.05, 0) is 67.2 Å². The van der Waals surface area contributed by atoms with Gasteiger partial charge in [-0.3, -0.25) is 4.90 Å². The molecule has 8 atom stereocenters. The third-order valence-corrected chi connectivity index (χ3v) is 12.7. The van der Waals surface area contributed by atoms with Crippen LogP contribution in [-0.4, -0.2) is 104 Å². The number of hydrogen-bond acceptors (Lipinski definition) is 12. The van der Waals surface area contributed by atoms with Crippen molar-refractivity contribution in [2.75, 3.05) is 50.6 Å². The first-order valence-corrected chi connectivity index (χ1v) is 17.7. The Balaban J connectivity index is 1.20. The highest BCUT2D eigenvalue weighted by molar-refractivity contribution is 5.96. The number of ether oxygens (including phenoxy) is 3. The number of nitrogen functional groups attached to an aromatic ring is 1. The standard InChI is InChI=1S/C37H47N7O6/c1-35-8-7-30(46)36(2,20-45)27(35)17-29(44-10-12-48-13-11-44)37(21-49-37)28(35)16-26(41-31-6-4-5-9-39-31)24-15-23(50-33(24)47)14-22-19-43(3)32-25(22)18-40-34(38)42-32/h4-6,9,14-15,18-19,26-30,45-46H,7-8,10-13,16-17,20-21H2,1-3H3,(H,39,41)(H2,38,40,42)/b23-14+/t26?,27?,28?,29?,30-,35+,36+,37?/m1/s1. The zero-order chi connectivity index (χ0) is 34.8. The van der Waals surface area contributed by atoms with Gasteiger partial charge in [0.15, 0.2) is 0 Å². The number of esters is 1. The first-order chi connectivity index (χ1) is 24.1. The zero-order valence-electron chi connectivity index (χ0n) is 28.9. The second-order valence-corrected chi connectivity index (χ2v) is 15.3. The molecule has 5 N–H and O–H groups in total. The van der Waals surface area contributed by atoms with E-state index in [2.05, 4.69) is 32.1 Å². The topological polar surface area (TPSA) is 173 Å². The molecule has 6 heterocycles. The van der Waals surface area contributed by atoms with E-state index in [-0.39, 0.29) is 35.8 Å². The molecule has 5 unspecified atom stereocenters. The summed E-state index contributed by atoms with van der Waals surface area (Å²) in [5, 5.41) is 26.7. The first kappa shape index (κ1) is 33.3. The molecule has 0 aromatic carbocycles. The summed E-state index contributed by atoms with van der Waals surface area (Å²) in [7, 11) is 1.88. The van der Waals surface area contributed by atoms with E-state index in [0.717, 1.165) is 36.9 Å². The maximum atomic E-state index is 13.8. The maximum absolute atomic E-state index is 13.8. The quantitative estimate of drug-likeness (QED) is 0.202. The molecular formula is C37H47N7O6. The van der Waals surface area contributed by atoms with Crippen LogP contribution in [0.1, 0.15) is 45.1 Å². The van der Waals surface area contributed by atoms with E-state index < -0.39 is 29.1 Å². The van der Waals surface area contributed by atoms with Crippen molar-refractivity contribution < 1.29 is 29.2 Å². The smallest absolute Gasteiger partial charge is 0.341 e. The van der Waals surface area contributed by atoms with Gasteiger partial charge < -0.3 is 40.0 Å². The number of carbonyl (C=O) groups excluding carboxylic acids is 1. The molecule has 2 saturated heterocycles. The number of aliphatic hydroxyl groups excluding tert-OH is 2. The molecule has 3 aromatic rings.